The Bertz CT molecular complexity index is 210. The molecule has 0 aromatic rings. The van der Waals surface area contributed by atoms with Gasteiger partial charge >= 0.3 is 0 Å². The van der Waals surface area contributed by atoms with Crippen LogP contribution in [0.5, 0.6) is 0 Å². The van der Waals surface area contributed by atoms with Crippen LogP contribution in [-0.4, -0.2) is 0 Å². The summed E-state index contributed by atoms with van der Waals surface area (Å²) in [5, 5.41) is 0. The summed E-state index contributed by atoms with van der Waals surface area (Å²) in [7, 11) is 0. The van der Waals surface area contributed by atoms with E-state index < -0.39 is 0 Å². The minimum Gasteiger partial charge on any atom is -0.0985 e. The predicted molar refractivity (Wildman–Crippen MR) is 57.2 cm³/mol. The van der Waals surface area contributed by atoms with Crippen LogP contribution in [0.2, 0.25) is 0 Å². The van der Waals surface area contributed by atoms with Gasteiger partial charge in [0.2, 0.25) is 0 Å². The molecule has 0 aromatic heterocycles. The van der Waals surface area contributed by atoms with E-state index in [2.05, 4.69) is 47.3 Å². The highest BCUT2D eigenvalue weighted by atomic mass is 14.1. The van der Waals surface area contributed by atoms with E-state index in [1.165, 1.54) is 16.7 Å². The van der Waals surface area contributed by atoms with E-state index in [1.54, 1.807) is 0 Å². The Morgan fingerprint density at radius 1 is 1.25 bits per heavy atom. The first-order valence-corrected chi connectivity index (χ1v) is 4.51. The van der Waals surface area contributed by atoms with Gasteiger partial charge < -0.3 is 0 Å². The molecule has 0 saturated carbocycles. The Morgan fingerprint density at radius 3 is 1.83 bits per heavy atom. The molecule has 0 atom stereocenters. The first-order valence-electron chi connectivity index (χ1n) is 4.51. The van der Waals surface area contributed by atoms with Crippen molar-refractivity contribution in [1.29, 1.82) is 0 Å². The van der Waals surface area contributed by atoms with Crippen molar-refractivity contribution in [2.45, 2.75) is 34.6 Å². The van der Waals surface area contributed by atoms with Crippen LogP contribution in [-0.2, 0) is 0 Å². The zero-order valence-electron chi connectivity index (χ0n) is 8.94. The van der Waals surface area contributed by atoms with Crippen LogP contribution in [0.15, 0.2) is 35.5 Å². The van der Waals surface area contributed by atoms with E-state index in [1.807, 2.05) is 6.08 Å². The van der Waals surface area contributed by atoms with Crippen LogP contribution in [0.4, 0.5) is 0 Å². The summed E-state index contributed by atoms with van der Waals surface area (Å²) < 4.78 is 0. The molecule has 0 aliphatic rings. The van der Waals surface area contributed by atoms with Gasteiger partial charge in [-0.05, 0) is 37.8 Å². The lowest BCUT2D eigenvalue weighted by molar-refractivity contribution is 0.778. The maximum Gasteiger partial charge on any atom is -0.0216 e. The van der Waals surface area contributed by atoms with Crippen molar-refractivity contribution in [2.75, 3.05) is 0 Å². The second-order valence-corrected chi connectivity index (χ2v) is 3.52. The Kier molecular flexibility index (Phi) is 4.65. The fraction of sp³-hybridized carbons (Fsp3) is 0.500. The first-order chi connectivity index (χ1) is 5.54. The van der Waals surface area contributed by atoms with Crippen LogP contribution in [0.25, 0.3) is 0 Å². The van der Waals surface area contributed by atoms with E-state index in [9.17, 15) is 0 Å². The van der Waals surface area contributed by atoms with Crippen molar-refractivity contribution < 1.29 is 0 Å². The van der Waals surface area contributed by atoms with Gasteiger partial charge in [-0.25, -0.2) is 0 Å². The lowest BCUT2D eigenvalue weighted by Crippen LogP contribution is -1.97. The van der Waals surface area contributed by atoms with E-state index in [4.69, 9.17) is 0 Å². The van der Waals surface area contributed by atoms with Crippen LogP contribution in [0.3, 0.4) is 0 Å². The molecular weight excluding hydrogens is 144 g/mol. The Labute approximate surface area is 76.7 Å². The zero-order valence-corrected chi connectivity index (χ0v) is 8.94. The van der Waals surface area contributed by atoms with E-state index in [0.29, 0.717) is 5.92 Å². The van der Waals surface area contributed by atoms with Crippen molar-refractivity contribution in [3.63, 3.8) is 0 Å². The molecular formula is C12H20. The van der Waals surface area contributed by atoms with Crippen molar-refractivity contribution in [3.8, 4) is 0 Å². The summed E-state index contributed by atoms with van der Waals surface area (Å²) in [5.74, 6) is 0.581. The van der Waals surface area contributed by atoms with Crippen LogP contribution >= 0.6 is 0 Å². The van der Waals surface area contributed by atoms with Crippen LogP contribution in [0.1, 0.15) is 34.6 Å². The topological polar surface area (TPSA) is 0 Å². The smallest absolute Gasteiger partial charge is 0.0216 e. The van der Waals surface area contributed by atoms with Gasteiger partial charge in [0.05, 0.1) is 0 Å². The highest BCUT2D eigenvalue weighted by molar-refractivity contribution is 5.42. The molecule has 0 saturated heterocycles. The average Bonchev–Trinajstić information content (AvgIpc) is 1.98. The molecule has 0 fully saturated rings. The quantitative estimate of drug-likeness (QED) is 0.551. The number of hydrogen-bond acceptors (Lipinski definition) is 0. The third-order valence-corrected chi connectivity index (χ3v) is 1.99. The molecule has 0 bridgehead atoms. The molecule has 0 aromatic carbocycles. The van der Waals surface area contributed by atoms with Crippen molar-refractivity contribution in [2.24, 2.45) is 5.92 Å². The first kappa shape index (κ1) is 11.2. The highest BCUT2D eigenvalue weighted by Crippen LogP contribution is 2.22. The fourth-order valence-corrected chi connectivity index (χ4v) is 1.41. The second kappa shape index (κ2) is 4.97. The minimum absolute atomic E-state index is 0.581. The maximum atomic E-state index is 3.83. The molecule has 0 amide bonds. The van der Waals surface area contributed by atoms with Gasteiger partial charge in [-0.2, -0.15) is 0 Å². The maximum absolute atomic E-state index is 3.83. The molecule has 0 unspecified atom stereocenters. The molecule has 0 nitrogen and oxygen atoms in total. The lowest BCUT2D eigenvalue weighted by atomic mass is 9.92. The molecule has 0 aliphatic heterocycles. The molecule has 0 heterocycles. The minimum atomic E-state index is 0.581. The van der Waals surface area contributed by atoms with Gasteiger partial charge in [-0.3, -0.25) is 0 Å². The lowest BCUT2D eigenvalue weighted by Gasteiger charge is -2.13. The van der Waals surface area contributed by atoms with Gasteiger partial charge in [0.25, 0.3) is 0 Å². The Hall–Kier alpha value is -0.780. The standard InChI is InChI=1S/C12H20/c1-7-11(9(3)4)12(8-2)10(5)6/h7-8,10H,1H2,2-6H3/b12-8-. The van der Waals surface area contributed by atoms with Crippen molar-refractivity contribution in [1.82, 2.24) is 0 Å². The molecule has 0 N–H and O–H groups in total. The molecule has 0 aliphatic carbocycles. The summed E-state index contributed by atoms with van der Waals surface area (Å²) in [6.07, 6.45) is 4.12. The number of rotatable bonds is 3. The Balaban J connectivity index is 4.98. The molecule has 0 spiro atoms. The van der Waals surface area contributed by atoms with Gasteiger partial charge in [0.1, 0.15) is 0 Å². The molecule has 68 valence electrons. The monoisotopic (exact) mass is 164 g/mol. The Morgan fingerprint density at radius 2 is 1.75 bits per heavy atom. The number of allylic oxidation sites excluding steroid dienone is 5. The summed E-state index contributed by atoms with van der Waals surface area (Å²) >= 11 is 0. The fourth-order valence-electron chi connectivity index (χ4n) is 1.41. The van der Waals surface area contributed by atoms with Crippen molar-refractivity contribution >= 4 is 0 Å². The summed E-state index contributed by atoms with van der Waals surface area (Å²) in [6.45, 7) is 14.6. The average molecular weight is 164 g/mol. The number of hydrogen-bond donors (Lipinski definition) is 0. The summed E-state index contributed by atoms with van der Waals surface area (Å²) in [6, 6.07) is 0. The SMILES string of the molecule is C=CC(=C(C)C)/C(=C\C)C(C)C. The second-order valence-electron chi connectivity index (χ2n) is 3.52. The predicted octanol–water partition coefficient (Wildman–Crippen LogP) is 4.11. The third-order valence-electron chi connectivity index (χ3n) is 1.99. The van der Waals surface area contributed by atoms with Gasteiger partial charge in [-0.15, -0.1) is 0 Å². The third kappa shape index (κ3) is 2.69. The molecule has 0 radical (unpaired) electrons. The summed E-state index contributed by atoms with van der Waals surface area (Å²) in [5.41, 5.74) is 4.03. The van der Waals surface area contributed by atoms with Crippen LogP contribution < -0.4 is 0 Å². The van der Waals surface area contributed by atoms with Crippen LogP contribution in [0, 0.1) is 5.92 Å². The normalized spacial score (nSPS) is 11.7. The van der Waals surface area contributed by atoms with Gasteiger partial charge in [-0.1, -0.05) is 38.2 Å². The van der Waals surface area contributed by atoms with E-state index in [0.717, 1.165) is 0 Å². The largest absolute Gasteiger partial charge is 0.0985 e. The highest BCUT2D eigenvalue weighted by Gasteiger charge is 2.06. The van der Waals surface area contributed by atoms with Gasteiger partial charge in [0, 0.05) is 0 Å². The molecule has 0 rings (SSSR count). The molecule has 0 heteroatoms. The van der Waals surface area contributed by atoms with E-state index >= 15 is 0 Å². The zero-order chi connectivity index (χ0) is 9.72. The summed E-state index contributed by atoms with van der Waals surface area (Å²) in [4.78, 5) is 0. The van der Waals surface area contributed by atoms with Gasteiger partial charge in [0.15, 0.2) is 0 Å². The van der Waals surface area contributed by atoms with E-state index in [-0.39, 0.29) is 0 Å². The molecule has 12 heavy (non-hydrogen) atoms. The van der Waals surface area contributed by atoms with Crippen molar-refractivity contribution in [3.05, 3.63) is 35.5 Å².